The van der Waals surface area contributed by atoms with Gasteiger partial charge < -0.3 is 15.0 Å². The average Bonchev–Trinajstić information content (AvgIpc) is 2.54. The lowest BCUT2D eigenvalue weighted by molar-refractivity contribution is -0.143. The lowest BCUT2D eigenvalue weighted by Crippen LogP contribution is -2.63. The molecule has 1 heterocycles. The molecule has 3 atom stereocenters. The summed E-state index contributed by atoms with van der Waals surface area (Å²) in [6.45, 7) is 10.4. The van der Waals surface area contributed by atoms with Crippen LogP contribution in [0.1, 0.15) is 59.8 Å². The number of carbonyl (C=O) groups is 2. The molecule has 2 fully saturated rings. The molecule has 0 radical (unpaired) electrons. The smallest absolute Gasteiger partial charge is 0.225 e. The van der Waals surface area contributed by atoms with Crippen molar-refractivity contribution in [2.24, 2.45) is 11.3 Å². The number of rotatable bonds is 6. The van der Waals surface area contributed by atoms with Gasteiger partial charge in [-0.05, 0) is 32.6 Å². The van der Waals surface area contributed by atoms with E-state index < -0.39 is 0 Å². The number of nitrogens with one attached hydrogen (secondary N) is 1. The summed E-state index contributed by atoms with van der Waals surface area (Å²) >= 11 is 0. The first-order valence-electron chi connectivity index (χ1n) is 9.09. The number of amides is 2. The van der Waals surface area contributed by atoms with Crippen molar-refractivity contribution in [2.45, 2.75) is 71.9 Å². The lowest BCUT2D eigenvalue weighted by Gasteiger charge is -2.52. The highest BCUT2D eigenvalue weighted by molar-refractivity contribution is 5.81. The van der Waals surface area contributed by atoms with Crippen molar-refractivity contribution in [1.82, 2.24) is 10.2 Å². The van der Waals surface area contributed by atoms with Gasteiger partial charge in [-0.2, -0.15) is 0 Å². The van der Waals surface area contributed by atoms with Gasteiger partial charge >= 0.3 is 0 Å². The molecule has 132 valence electrons. The standard InChI is InChI=1S/C18H32N2O3/c1-5-8-16(21)20-10-7-9-13(12-20)17(22)19-14-11-15(23-6-2)18(14,3)4/h13-15H,5-12H2,1-4H3,(H,19,22). The topological polar surface area (TPSA) is 58.6 Å². The van der Waals surface area contributed by atoms with E-state index in [4.69, 9.17) is 4.74 Å². The maximum atomic E-state index is 12.6. The molecule has 1 aliphatic heterocycles. The van der Waals surface area contributed by atoms with E-state index in [1.54, 1.807) is 0 Å². The summed E-state index contributed by atoms with van der Waals surface area (Å²) in [5.74, 6) is 0.226. The third kappa shape index (κ3) is 4.06. The van der Waals surface area contributed by atoms with Crippen molar-refractivity contribution in [3.05, 3.63) is 0 Å². The monoisotopic (exact) mass is 324 g/mol. The Kier molecular flexibility index (Phi) is 6.06. The number of piperidine rings is 1. The third-order valence-electron chi connectivity index (χ3n) is 5.47. The number of hydrogen-bond acceptors (Lipinski definition) is 3. The van der Waals surface area contributed by atoms with Gasteiger partial charge in [0.25, 0.3) is 0 Å². The summed E-state index contributed by atoms with van der Waals surface area (Å²) in [6, 6.07) is 0.174. The van der Waals surface area contributed by atoms with Crippen LogP contribution >= 0.6 is 0 Å². The van der Waals surface area contributed by atoms with Crippen molar-refractivity contribution in [1.29, 1.82) is 0 Å². The third-order valence-corrected chi connectivity index (χ3v) is 5.47. The van der Waals surface area contributed by atoms with Gasteiger partial charge in [-0.3, -0.25) is 9.59 Å². The molecule has 0 aromatic rings. The van der Waals surface area contributed by atoms with Gasteiger partial charge in [0, 0.05) is 37.6 Å². The first-order valence-corrected chi connectivity index (χ1v) is 9.09. The van der Waals surface area contributed by atoms with Gasteiger partial charge in [0.05, 0.1) is 12.0 Å². The maximum absolute atomic E-state index is 12.6. The molecule has 0 bridgehead atoms. The number of likely N-dealkylation sites (tertiary alicyclic amines) is 1. The Labute approximate surface area is 140 Å². The van der Waals surface area contributed by atoms with E-state index in [9.17, 15) is 9.59 Å². The molecule has 1 N–H and O–H groups in total. The van der Waals surface area contributed by atoms with E-state index >= 15 is 0 Å². The van der Waals surface area contributed by atoms with Crippen LogP contribution in [0.25, 0.3) is 0 Å². The number of nitrogens with zero attached hydrogens (tertiary/aromatic N) is 1. The van der Waals surface area contributed by atoms with Crippen LogP contribution in [0.2, 0.25) is 0 Å². The minimum atomic E-state index is -0.0634. The van der Waals surface area contributed by atoms with Crippen molar-refractivity contribution in [3.8, 4) is 0 Å². The molecule has 5 nitrogen and oxygen atoms in total. The average molecular weight is 324 g/mol. The van der Waals surface area contributed by atoms with E-state index in [0.717, 1.165) is 32.2 Å². The minimum Gasteiger partial charge on any atom is -0.378 e. The van der Waals surface area contributed by atoms with Crippen LogP contribution in [-0.2, 0) is 14.3 Å². The van der Waals surface area contributed by atoms with Gasteiger partial charge in [0.2, 0.25) is 11.8 Å². The molecule has 2 amide bonds. The molecule has 0 spiro atoms. The second kappa shape index (κ2) is 7.65. The summed E-state index contributed by atoms with van der Waals surface area (Å²) in [4.78, 5) is 26.5. The summed E-state index contributed by atoms with van der Waals surface area (Å²) in [5, 5.41) is 3.20. The summed E-state index contributed by atoms with van der Waals surface area (Å²) in [7, 11) is 0. The molecule has 1 saturated carbocycles. The van der Waals surface area contributed by atoms with Crippen molar-refractivity contribution >= 4 is 11.8 Å². The van der Waals surface area contributed by atoms with Gasteiger partial charge in [-0.15, -0.1) is 0 Å². The maximum Gasteiger partial charge on any atom is 0.225 e. The lowest BCUT2D eigenvalue weighted by atomic mass is 9.64. The van der Waals surface area contributed by atoms with E-state index in [1.165, 1.54) is 0 Å². The predicted octanol–water partition coefficient (Wildman–Crippen LogP) is 2.34. The first kappa shape index (κ1) is 18.2. The van der Waals surface area contributed by atoms with Crippen LogP contribution in [-0.4, -0.2) is 48.6 Å². The van der Waals surface area contributed by atoms with Gasteiger partial charge in [0.15, 0.2) is 0 Å². The molecule has 1 aliphatic carbocycles. The molecule has 1 saturated heterocycles. The van der Waals surface area contributed by atoms with Gasteiger partial charge in [-0.1, -0.05) is 20.8 Å². The highest BCUT2D eigenvalue weighted by Crippen LogP contribution is 2.42. The molecule has 2 rings (SSSR count). The molecule has 2 aliphatic rings. The van der Waals surface area contributed by atoms with E-state index in [2.05, 4.69) is 19.2 Å². The van der Waals surface area contributed by atoms with Crippen LogP contribution < -0.4 is 5.32 Å². The zero-order chi connectivity index (χ0) is 17.0. The molecule has 0 aromatic heterocycles. The zero-order valence-corrected chi connectivity index (χ0v) is 15.1. The SMILES string of the molecule is CCCC(=O)N1CCCC(C(=O)NC2CC(OCC)C2(C)C)C1. The normalized spacial score (nSPS) is 29.7. The molecule has 3 unspecified atom stereocenters. The fraction of sp³-hybridized carbons (Fsp3) is 0.889. The fourth-order valence-electron chi connectivity index (χ4n) is 3.69. The number of carbonyl (C=O) groups excluding carboxylic acids is 2. The largest absolute Gasteiger partial charge is 0.378 e. The Morgan fingerprint density at radius 3 is 2.65 bits per heavy atom. The first-order chi connectivity index (χ1) is 10.9. The summed E-state index contributed by atoms with van der Waals surface area (Å²) < 4.78 is 5.72. The van der Waals surface area contributed by atoms with E-state index in [0.29, 0.717) is 19.6 Å². The molecule has 5 heteroatoms. The van der Waals surface area contributed by atoms with Crippen molar-refractivity contribution < 1.29 is 14.3 Å². The number of ether oxygens (including phenoxy) is 1. The van der Waals surface area contributed by atoms with Crippen molar-refractivity contribution in [2.75, 3.05) is 19.7 Å². The Morgan fingerprint density at radius 2 is 2.04 bits per heavy atom. The molecular formula is C18H32N2O3. The Hall–Kier alpha value is -1.10. The summed E-state index contributed by atoms with van der Waals surface area (Å²) in [6.07, 6.45) is 4.36. The molecule has 0 aromatic carbocycles. The van der Waals surface area contributed by atoms with Crippen LogP contribution in [0.4, 0.5) is 0 Å². The molecular weight excluding hydrogens is 292 g/mol. The highest BCUT2D eigenvalue weighted by atomic mass is 16.5. The van der Waals surface area contributed by atoms with Crippen LogP contribution in [0.5, 0.6) is 0 Å². The minimum absolute atomic E-state index is 0.0158. The Morgan fingerprint density at radius 1 is 1.30 bits per heavy atom. The zero-order valence-electron chi connectivity index (χ0n) is 15.1. The Balaban J connectivity index is 1.85. The van der Waals surface area contributed by atoms with Gasteiger partial charge in [0.1, 0.15) is 0 Å². The fourth-order valence-corrected chi connectivity index (χ4v) is 3.69. The van der Waals surface area contributed by atoms with Gasteiger partial charge in [-0.25, -0.2) is 0 Å². The van der Waals surface area contributed by atoms with Crippen LogP contribution in [0.3, 0.4) is 0 Å². The molecule has 23 heavy (non-hydrogen) atoms. The van der Waals surface area contributed by atoms with Crippen LogP contribution in [0.15, 0.2) is 0 Å². The predicted molar refractivity (Wildman–Crippen MR) is 90.0 cm³/mol. The van der Waals surface area contributed by atoms with E-state index in [1.807, 2.05) is 18.7 Å². The van der Waals surface area contributed by atoms with E-state index in [-0.39, 0.29) is 35.3 Å². The quantitative estimate of drug-likeness (QED) is 0.816. The highest BCUT2D eigenvalue weighted by Gasteiger charge is 2.50. The Bertz CT molecular complexity index is 436. The van der Waals surface area contributed by atoms with Crippen LogP contribution in [0, 0.1) is 11.3 Å². The second-order valence-electron chi connectivity index (χ2n) is 7.49. The summed E-state index contributed by atoms with van der Waals surface area (Å²) in [5.41, 5.74) is -0.0158. The second-order valence-corrected chi connectivity index (χ2v) is 7.49. The van der Waals surface area contributed by atoms with Crippen molar-refractivity contribution in [3.63, 3.8) is 0 Å². The number of hydrogen-bond donors (Lipinski definition) is 1.